The third-order valence-corrected chi connectivity index (χ3v) is 2.29. The molecule has 0 aliphatic rings. The Kier molecular flexibility index (Phi) is 3.74. The number of aromatic nitrogens is 3. The van der Waals surface area contributed by atoms with Gasteiger partial charge in [-0.1, -0.05) is 18.6 Å². The lowest BCUT2D eigenvalue weighted by Crippen LogP contribution is -2.20. The molecule has 1 rings (SSSR count). The average Bonchev–Trinajstić information content (AvgIpc) is 2.61. The average molecular weight is 251 g/mol. The van der Waals surface area contributed by atoms with Gasteiger partial charge in [0.25, 0.3) is 0 Å². The molecule has 1 aromatic heterocycles. The minimum Gasteiger partial charge on any atom is -0.476 e. The Labute approximate surface area is 95.2 Å². The van der Waals surface area contributed by atoms with Gasteiger partial charge >= 0.3 is 12.1 Å². The molecule has 0 radical (unpaired) electrons. The van der Waals surface area contributed by atoms with Crippen molar-refractivity contribution in [2.45, 2.75) is 38.9 Å². The smallest absolute Gasteiger partial charge is 0.435 e. The van der Waals surface area contributed by atoms with Crippen molar-refractivity contribution in [2.24, 2.45) is 0 Å². The molecule has 1 N–H and O–H groups in total. The van der Waals surface area contributed by atoms with E-state index in [9.17, 15) is 18.0 Å². The summed E-state index contributed by atoms with van der Waals surface area (Å²) in [6.07, 6.45) is -3.65. The monoisotopic (exact) mass is 251 g/mol. The van der Waals surface area contributed by atoms with Gasteiger partial charge in [-0.15, -0.1) is 5.10 Å². The third kappa shape index (κ3) is 2.75. The molecular weight excluding hydrogens is 239 g/mol. The van der Waals surface area contributed by atoms with Gasteiger partial charge in [-0.2, -0.15) is 13.2 Å². The van der Waals surface area contributed by atoms with Gasteiger partial charge < -0.3 is 5.11 Å². The normalized spacial score (nSPS) is 13.7. The van der Waals surface area contributed by atoms with Crippen molar-refractivity contribution in [3.63, 3.8) is 0 Å². The maximum atomic E-state index is 12.7. The Hall–Kier alpha value is -1.60. The molecule has 0 aliphatic heterocycles. The van der Waals surface area contributed by atoms with E-state index in [4.69, 9.17) is 5.11 Å². The molecule has 5 nitrogen and oxygen atoms in total. The van der Waals surface area contributed by atoms with Crippen molar-refractivity contribution in [3.8, 4) is 0 Å². The lowest BCUT2D eigenvalue weighted by Gasteiger charge is -2.15. The second kappa shape index (κ2) is 4.72. The van der Waals surface area contributed by atoms with Crippen LogP contribution in [0, 0.1) is 0 Å². The summed E-state index contributed by atoms with van der Waals surface area (Å²) in [7, 11) is 0. The molecule has 0 bridgehead atoms. The van der Waals surface area contributed by atoms with E-state index in [0.29, 0.717) is 17.5 Å². The molecule has 1 unspecified atom stereocenters. The Bertz CT molecular complexity index is 414. The van der Waals surface area contributed by atoms with E-state index in [2.05, 4.69) is 10.3 Å². The first kappa shape index (κ1) is 13.5. The molecular formula is C9H12F3N3O2. The van der Waals surface area contributed by atoms with Crippen molar-refractivity contribution in [2.75, 3.05) is 0 Å². The predicted molar refractivity (Wildman–Crippen MR) is 51.6 cm³/mol. The SMILES string of the molecule is CCCC(C)n1nnc(C(=O)O)c1C(F)(F)F. The molecule has 8 heteroatoms. The topological polar surface area (TPSA) is 68.0 Å². The number of alkyl halides is 3. The number of carboxylic acid groups (broad SMARTS) is 1. The zero-order valence-electron chi connectivity index (χ0n) is 9.32. The first-order valence-electron chi connectivity index (χ1n) is 5.04. The first-order chi connectivity index (χ1) is 7.79. The summed E-state index contributed by atoms with van der Waals surface area (Å²) in [5.41, 5.74) is -2.36. The minimum atomic E-state index is -4.78. The van der Waals surface area contributed by atoms with Gasteiger partial charge in [0.15, 0.2) is 5.69 Å². The summed E-state index contributed by atoms with van der Waals surface area (Å²) in [6.45, 7) is 3.36. The van der Waals surface area contributed by atoms with Gasteiger partial charge in [0.2, 0.25) is 5.69 Å². The van der Waals surface area contributed by atoms with Crippen molar-refractivity contribution in [1.29, 1.82) is 0 Å². The molecule has 1 atom stereocenters. The minimum absolute atomic E-state index is 0.464. The Balaban J connectivity index is 3.28. The standard InChI is InChI=1S/C9H12F3N3O2/c1-3-4-5(2)15-7(9(10,11)12)6(8(16)17)13-14-15/h5H,3-4H2,1-2H3,(H,16,17). The van der Waals surface area contributed by atoms with E-state index >= 15 is 0 Å². The first-order valence-corrected chi connectivity index (χ1v) is 5.04. The van der Waals surface area contributed by atoms with E-state index in [1.54, 1.807) is 6.92 Å². The van der Waals surface area contributed by atoms with E-state index in [-0.39, 0.29) is 0 Å². The van der Waals surface area contributed by atoms with Gasteiger partial charge in [-0.25, -0.2) is 9.48 Å². The molecule has 0 saturated carbocycles. The Morgan fingerprint density at radius 3 is 2.53 bits per heavy atom. The summed E-state index contributed by atoms with van der Waals surface area (Å²) in [5, 5.41) is 15.0. The van der Waals surface area contributed by atoms with Crippen LogP contribution in [0.15, 0.2) is 0 Å². The van der Waals surface area contributed by atoms with Gasteiger partial charge in [0.1, 0.15) is 0 Å². The molecule has 0 fully saturated rings. The van der Waals surface area contributed by atoms with Gasteiger partial charge in [-0.05, 0) is 13.3 Å². The number of halogens is 3. The number of carbonyl (C=O) groups is 1. The summed E-state index contributed by atoms with van der Waals surface area (Å²) in [4.78, 5) is 10.6. The van der Waals surface area contributed by atoms with Gasteiger partial charge in [0.05, 0.1) is 6.04 Å². The maximum absolute atomic E-state index is 12.7. The molecule has 1 heterocycles. The molecule has 0 saturated heterocycles. The highest BCUT2D eigenvalue weighted by atomic mass is 19.4. The summed E-state index contributed by atoms with van der Waals surface area (Å²) >= 11 is 0. The zero-order chi connectivity index (χ0) is 13.2. The van der Waals surface area contributed by atoms with Crippen LogP contribution in [0.3, 0.4) is 0 Å². The van der Waals surface area contributed by atoms with E-state index < -0.39 is 29.6 Å². The molecule has 0 aromatic carbocycles. The number of rotatable bonds is 4. The highest BCUT2D eigenvalue weighted by Crippen LogP contribution is 2.33. The van der Waals surface area contributed by atoms with Crippen LogP contribution in [-0.4, -0.2) is 26.1 Å². The fourth-order valence-corrected chi connectivity index (χ4v) is 1.55. The van der Waals surface area contributed by atoms with Crippen molar-refractivity contribution in [3.05, 3.63) is 11.4 Å². The zero-order valence-corrected chi connectivity index (χ0v) is 9.32. The number of nitrogens with zero attached hydrogens (tertiary/aromatic N) is 3. The highest BCUT2D eigenvalue weighted by molar-refractivity contribution is 5.86. The second-order valence-corrected chi connectivity index (χ2v) is 3.67. The lowest BCUT2D eigenvalue weighted by molar-refractivity contribution is -0.145. The summed E-state index contributed by atoms with van der Waals surface area (Å²) in [5.74, 6) is -1.73. The molecule has 1 aromatic rings. The van der Waals surface area contributed by atoms with Crippen LogP contribution in [0.5, 0.6) is 0 Å². The molecule has 96 valence electrons. The lowest BCUT2D eigenvalue weighted by atomic mass is 10.2. The fourth-order valence-electron chi connectivity index (χ4n) is 1.55. The van der Waals surface area contributed by atoms with Crippen molar-refractivity contribution in [1.82, 2.24) is 15.0 Å². The maximum Gasteiger partial charge on any atom is 0.435 e. The largest absolute Gasteiger partial charge is 0.476 e. The van der Waals surface area contributed by atoms with Crippen molar-refractivity contribution < 1.29 is 23.1 Å². The number of carboxylic acids is 1. The molecule has 0 aliphatic carbocycles. The van der Waals surface area contributed by atoms with Crippen LogP contribution < -0.4 is 0 Å². The Morgan fingerprint density at radius 2 is 2.12 bits per heavy atom. The predicted octanol–water partition coefficient (Wildman–Crippen LogP) is 2.36. The van der Waals surface area contributed by atoms with Crippen LogP contribution >= 0.6 is 0 Å². The highest BCUT2D eigenvalue weighted by Gasteiger charge is 2.42. The van der Waals surface area contributed by atoms with E-state index in [1.807, 2.05) is 6.92 Å². The van der Waals surface area contributed by atoms with Crippen LogP contribution in [0.4, 0.5) is 13.2 Å². The third-order valence-electron chi connectivity index (χ3n) is 2.29. The quantitative estimate of drug-likeness (QED) is 0.891. The summed E-state index contributed by atoms with van der Waals surface area (Å²) in [6, 6.07) is -0.544. The molecule has 0 spiro atoms. The van der Waals surface area contributed by atoms with E-state index in [0.717, 1.165) is 0 Å². The van der Waals surface area contributed by atoms with Crippen LogP contribution in [-0.2, 0) is 6.18 Å². The Morgan fingerprint density at radius 1 is 1.53 bits per heavy atom. The van der Waals surface area contributed by atoms with Crippen molar-refractivity contribution >= 4 is 5.97 Å². The van der Waals surface area contributed by atoms with E-state index in [1.165, 1.54) is 0 Å². The number of hydrogen-bond donors (Lipinski definition) is 1. The molecule has 17 heavy (non-hydrogen) atoms. The number of aromatic carboxylic acids is 1. The number of hydrogen-bond acceptors (Lipinski definition) is 3. The van der Waals surface area contributed by atoms with Gasteiger partial charge in [-0.3, -0.25) is 0 Å². The second-order valence-electron chi connectivity index (χ2n) is 3.67. The molecule has 0 amide bonds. The van der Waals surface area contributed by atoms with Crippen LogP contribution in [0.1, 0.15) is 48.9 Å². The van der Waals surface area contributed by atoms with Crippen LogP contribution in [0.25, 0.3) is 0 Å². The summed E-state index contributed by atoms with van der Waals surface area (Å²) < 4.78 is 38.8. The van der Waals surface area contributed by atoms with Gasteiger partial charge in [0, 0.05) is 0 Å². The van der Waals surface area contributed by atoms with Crippen LogP contribution in [0.2, 0.25) is 0 Å². The fraction of sp³-hybridized carbons (Fsp3) is 0.667.